The summed E-state index contributed by atoms with van der Waals surface area (Å²) in [5, 5.41) is 0. The van der Waals surface area contributed by atoms with Crippen LogP contribution in [0, 0.1) is 0 Å². The van der Waals surface area contributed by atoms with E-state index in [1.165, 1.54) is 10.6 Å². The van der Waals surface area contributed by atoms with Crippen LogP contribution in [0.5, 0.6) is 0 Å². The van der Waals surface area contributed by atoms with E-state index in [2.05, 4.69) is 4.98 Å². The van der Waals surface area contributed by atoms with Crippen LogP contribution in [0.2, 0.25) is 0 Å². The Kier molecular flexibility index (Phi) is 4.88. The Morgan fingerprint density at radius 3 is 2.50 bits per heavy atom. The number of benzene rings is 1. The number of nitrogens with one attached hydrogen (secondary N) is 1. The lowest BCUT2D eigenvalue weighted by Crippen LogP contribution is -2.24. The summed E-state index contributed by atoms with van der Waals surface area (Å²) in [7, 11) is 3.73. The normalized spacial score (nSPS) is 11.9. The second-order valence-corrected chi connectivity index (χ2v) is 4.61. The molecular formula is C12H15ClF3N3O. The summed E-state index contributed by atoms with van der Waals surface area (Å²) >= 11 is 0. The lowest BCUT2D eigenvalue weighted by Gasteiger charge is -2.10. The molecule has 1 N–H and O–H groups in total. The predicted octanol–water partition coefficient (Wildman–Crippen LogP) is 2.33. The molecule has 1 aromatic carbocycles. The van der Waals surface area contributed by atoms with Gasteiger partial charge in [-0.2, -0.15) is 13.2 Å². The van der Waals surface area contributed by atoms with E-state index in [4.69, 9.17) is 0 Å². The average Bonchev–Trinajstić information content (AvgIpc) is 2.59. The van der Waals surface area contributed by atoms with Crippen LogP contribution in [0.25, 0.3) is 11.0 Å². The Hall–Kier alpha value is -1.47. The van der Waals surface area contributed by atoms with Crippen molar-refractivity contribution in [2.24, 2.45) is 0 Å². The Morgan fingerprint density at radius 2 is 1.95 bits per heavy atom. The third-order valence-electron chi connectivity index (χ3n) is 2.87. The number of fused-ring (bicyclic) bond motifs is 1. The van der Waals surface area contributed by atoms with Crippen LogP contribution in [0.15, 0.2) is 23.0 Å². The third kappa shape index (κ3) is 3.34. The molecular weight excluding hydrogens is 295 g/mol. The van der Waals surface area contributed by atoms with Crippen molar-refractivity contribution in [3.05, 3.63) is 34.2 Å². The van der Waals surface area contributed by atoms with E-state index in [1.807, 2.05) is 19.0 Å². The van der Waals surface area contributed by atoms with Gasteiger partial charge in [0.15, 0.2) is 0 Å². The van der Waals surface area contributed by atoms with Crippen molar-refractivity contribution in [2.45, 2.75) is 12.7 Å². The summed E-state index contributed by atoms with van der Waals surface area (Å²) in [5.41, 5.74) is -0.462. The highest BCUT2D eigenvalue weighted by molar-refractivity contribution is 5.85. The first-order valence-electron chi connectivity index (χ1n) is 5.73. The predicted molar refractivity (Wildman–Crippen MR) is 73.4 cm³/mol. The summed E-state index contributed by atoms with van der Waals surface area (Å²) in [6.45, 7) is 1.06. The molecule has 0 radical (unpaired) electrons. The van der Waals surface area contributed by atoms with Crippen molar-refractivity contribution < 1.29 is 13.2 Å². The molecule has 0 spiro atoms. The first-order valence-corrected chi connectivity index (χ1v) is 5.73. The van der Waals surface area contributed by atoms with Crippen LogP contribution in [-0.2, 0) is 12.7 Å². The Morgan fingerprint density at radius 1 is 1.30 bits per heavy atom. The standard InChI is InChI=1S/C12H14F3N3O.ClH/c1-17(2)5-6-18-10-4-3-8(12(13,14)15)7-9(10)16-11(18)19;/h3-4,7H,5-6H2,1-2H3,(H,16,19);1H. The number of halogens is 4. The van der Waals surface area contributed by atoms with Crippen LogP contribution in [0.4, 0.5) is 13.2 Å². The maximum atomic E-state index is 12.6. The topological polar surface area (TPSA) is 41.0 Å². The van der Waals surface area contributed by atoms with Crippen LogP contribution >= 0.6 is 12.4 Å². The molecule has 0 unspecified atom stereocenters. The summed E-state index contributed by atoms with van der Waals surface area (Å²) < 4.78 is 39.2. The molecule has 1 aromatic heterocycles. The van der Waals surface area contributed by atoms with Gasteiger partial charge in [0.1, 0.15) is 0 Å². The van der Waals surface area contributed by atoms with E-state index < -0.39 is 17.4 Å². The zero-order valence-corrected chi connectivity index (χ0v) is 11.8. The molecule has 2 aromatic rings. The summed E-state index contributed by atoms with van der Waals surface area (Å²) in [6.07, 6.45) is -4.41. The Bertz CT molecular complexity index is 645. The number of hydrogen-bond donors (Lipinski definition) is 1. The van der Waals surface area contributed by atoms with E-state index in [-0.39, 0.29) is 17.9 Å². The van der Waals surface area contributed by atoms with Gasteiger partial charge in [0, 0.05) is 13.1 Å². The average molecular weight is 310 g/mol. The van der Waals surface area contributed by atoms with Crippen LogP contribution < -0.4 is 5.69 Å². The molecule has 4 nitrogen and oxygen atoms in total. The fraction of sp³-hybridized carbons (Fsp3) is 0.417. The highest BCUT2D eigenvalue weighted by Gasteiger charge is 2.30. The first-order chi connectivity index (χ1) is 8.79. The van der Waals surface area contributed by atoms with E-state index in [0.717, 1.165) is 12.1 Å². The van der Waals surface area contributed by atoms with E-state index in [1.54, 1.807) is 0 Å². The van der Waals surface area contributed by atoms with Gasteiger partial charge in [-0.3, -0.25) is 4.57 Å². The van der Waals surface area contributed by atoms with Crippen molar-refractivity contribution in [2.75, 3.05) is 20.6 Å². The van der Waals surface area contributed by atoms with Crippen molar-refractivity contribution in [1.82, 2.24) is 14.5 Å². The highest BCUT2D eigenvalue weighted by Crippen LogP contribution is 2.30. The molecule has 8 heteroatoms. The van der Waals surface area contributed by atoms with Crippen LogP contribution in [0.3, 0.4) is 0 Å². The number of imidazole rings is 1. The first kappa shape index (κ1) is 16.6. The maximum Gasteiger partial charge on any atom is 0.416 e. The summed E-state index contributed by atoms with van der Waals surface area (Å²) in [5.74, 6) is 0. The molecule has 1 heterocycles. The number of aromatic nitrogens is 2. The molecule has 20 heavy (non-hydrogen) atoms. The minimum atomic E-state index is -4.41. The number of aromatic amines is 1. The molecule has 0 aliphatic rings. The summed E-state index contributed by atoms with van der Waals surface area (Å²) in [4.78, 5) is 16.1. The molecule has 112 valence electrons. The maximum absolute atomic E-state index is 12.6. The lowest BCUT2D eigenvalue weighted by molar-refractivity contribution is -0.137. The number of nitrogens with zero attached hydrogens (tertiary/aromatic N) is 2. The lowest BCUT2D eigenvalue weighted by atomic mass is 10.2. The van der Waals surface area contributed by atoms with Gasteiger partial charge in [-0.05, 0) is 32.3 Å². The molecule has 0 bridgehead atoms. The third-order valence-corrected chi connectivity index (χ3v) is 2.87. The molecule has 0 aliphatic heterocycles. The van der Waals surface area contributed by atoms with Gasteiger partial charge in [0.2, 0.25) is 0 Å². The fourth-order valence-corrected chi connectivity index (χ4v) is 1.86. The number of alkyl halides is 3. The van der Waals surface area contributed by atoms with Gasteiger partial charge in [-0.15, -0.1) is 12.4 Å². The van der Waals surface area contributed by atoms with E-state index >= 15 is 0 Å². The van der Waals surface area contributed by atoms with E-state index in [9.17, 15) is 18.0 Å². The summed E-state index contributed by atoms with van der Waals surface area (Å²) in [6, 6.07) is 3.27. The Labute approximate surface area is 119 Å². The molecule has 0 aliphatic carbocycles. The van der Waals surface area contributed by atoms with Gasteiger partial charge < -0.3 is 9.88 Å². The van der Waals surface area contributed by atoms with Gasteiger partial charge >= 0.3 is 11.9 Å². The van der Waals surface area contributed by atoms with Gasteiger partial charge in [-0.1, -0.05) is 0 Å². The van der Waals surface area contributed by atoms with Gasteiger partial charge in [-0.25, -0.2) is 4.79 Å². The quantitative estimate of drug-likeness (QED) is 0.945. The number of likely N-dealkylation sites (N-methyl/N-ethyl adjacent to an activating group) is 1. The minimum absolute atomic E-state index is 0. The Balaban J connectivity index is 0.00000200. The second kappa shape index (κ2) is 5.88. The highest BCUT2D eigenvalue weighted by atomic mass is 35.5. The van der Waals surface area contributed by atoms with Crippen LogP contribution in [-0.4, -0.2) is 35.1 Å². The van der Waals surface area contributed by atoms with Crippen molar-refractivity contribution in [3.8, 4) is 0 Å². The molecule has 0 saturated heterocycles. The van der Waals surface area contributed by atoms with Gasteiger partial charge in [0.25, 0.3) is 0 Å². The smallest absolute Gasteiger partial charge is 0.308 e. The molecule has 0 amide bonds. The molecule has 0 fully saturated rings. The fourth-order valence-electron chi connectivity index (χ4n) is 1.86. The SMILES string of the molecule is CN(C)CCn1c(=O)[nH]c2cc(C(F)(F)F)ccc21.Cl. The monoisotopic (exact) mass is 309 g/mol. The van der Waals surface area contributed by atoms with Crippen molar-refractivity contribution >= 4 is 23.4 Å². The van der Waals surface area contributed by atoms with Crippen molar-refractivity contribution in [3.63, 3.8) is 0 Å². The van der Waals surface area contributed by atoms with Crippen LogP contribution in [0.1, 0.15) is 5.56 Å². The zero-order valence-electron chi connectivity index (χ0n) is 11.0. The molecule has 2 rings (SSSR count). The largest absolute Gasteiger partial charge is 0.416 e. The molecule has 0 atom stereocenters. The second-order valence-electron chi connectivity index (χ2n) is 4.61. The van der Waals surface area contributed by atoms with Crippen molar-refractivity contribution in [1.29, 1.82) is 0 Å². The van der Waals surface area contributed by atoms with E-state index in [0.29, 0.717) is 18.6 Å². The number of hydrogen-bond acceptors (Lipinski definition) is 2. The number of H-pyrrole nitrogens is 1. The zero-order chi connectivity index (χ0) is 14.2. The molecule has 0 saturated carbocycles. The minimum Gasteiger partial charge on any atom is -0.308 e. The van der Waals surface area contributed by atoms with Gasteiger partial charge in [0.05, 0.1) is 16.6 Å². The number of rotatable bonds is 3.